The molecule has 2 atom stereocenters. The van der Waals surface area contributed by atoms with Crippen LogP contribution in [0.25, 0.3) is 0 Å². The highest BCUT2D eigenvalue weighted by Crippen LogP contribution is 2.56. The van der Waals surface area contributed by atoms with Crippen LogP contribution in [0.4, 0.5) is 0 Å². The van der Waals surface area contributed by atoms with E-state index in [2.05, 4.69) is 43.4 Å². The van der Waals surface area contributed by atoms with Gasteiger partial charge in [-0.2, -0.15) is 0 Å². The lowest BCUT2D eigenvalue weighted by molar-refractivity contribution is -0.155. The fourth-order valence-electron chi connectivity index (χ4n) is 5.68. The van der Waals surface area contributed by atoms with Gasteiger partial charge in [0.05, 0.1) is 0 Å². The predicted molar refractivity (Wildman–Crippen MR) is 129 cm³/mol. The Hall–Kier alpha value is -1.95. The maximum atomic E-state index is 12.7. The van der Waals surface area contributed by atoms with Gasteiger partial charge in [-0.15, -0.1) is 0 Å². The average molecular weight is 450 g/mol. The first-order valence-electron chi connectivity index (χ1n) is 12.1. The summed E-state index contributed by atoms with van der Waals surface area (Å²) in [6, 6.07) is 20.5. The van der Waals surface area contributed by atoms with Crippen LogP contribution in [0, 0.1) is 11.3 Å². The molecule has 5 heteroatoms. The van der Waals surface area contributed by atoms with Crippen molar-refractivity contribution in [2.75, 3.05) is 6.61 Å². The van der Waals surface area contributed by atoms with E-state index in [4.69, 9.17) is 4.74 Å². The standard InChI is InChI=1S/C27H35NO3Si/c1-26(2,32(30,21-9-5-3-6-10-21)22-11-7-4-8-12-22)15-16-27(17-18-27)24-25(29)31-19-23(28-24)20-13-14-20/h3-12,20,23-24,28,30H,13-19H2,1-2H3/t23-,24+/m0/s1. The first kappa shape index (κ1) is 21.9. The van der Waals surface area contributed by atoms with Gasteiger partial charge in [0.25, 0.3) is 8.32 Å². The van der Waals surface area contributed by atoms with E-state index in [9.17, 15) is 9.59 Å². The summed E-state index contributed by atoms with van der Waals surface area (Å²) in [6.45, 7) is 4.96. The quantitative estimate of drug-likeness (QED) is 0.479. The van der Waals surface area contributed by atoms with Gasteiger partial charge in [0, 0.05) is 6.04 Å². The monoisotopic (exact) mass is 449 g/mol. The SMILES string of the molecule is CC(C)(CCC1([C@@H]2N[C@H](C3CC3)COC2=O)CC1)[Si](O)(c1ccccc1)c1ccccc1. The molecule has 1 aliphatic heterocycles. The molecule has 32 heavy (non-hydrogen) atoms. The minimum absolute atomic E-state index is 0.0232. The lowest BCUT2D eigenvalue weighted by atomic mass is 9.86. The summed E-state index contributed by atoms with van der Waals surface area (Å²) in [7, 11) is -3.03. The molecule has 2 N–H and O–H groups in total. The second kappa shape index (κ2) is 8.12. The van der Waals surface area contributed by atoms with E-state index in [0.29, 0.717) is 18.6 Å². The fraction of sp³-hybridized carbons (Fsp3) is 0.519. The van der Waals surface area contributed by atoms with E-state index in [1.807, 2.05) is 36.4 Å². The molecule has 2 saturated carbocycles. The number of benzene rings is 2. The van der Waals surface area contributed by atoms with Gasteiger partial charge in [0.2, 0.25) is 0 Å². The van der Waals surface area contributed by atoms with Crippen molar-refractivity contribution < 1.29 is 14.3 Å². The number of hydrogen-bond donors (Lipinski definition) is 2. The Balaban J connectivity index is 1.39. The van der Waals surface area contributed by atoms with Crippen molar-refractivity contribution in [3.8, 4) is 0 Å². The van der Waals surface area contributed by atoms with E-state index in [-0.39, 0.29) is 22.5 Å². The van der Waals surface area contributed by atoms with Gasteiger partial charge in [-0.05, 0) is 65.3 Å². The maximum absolute atomic E-state index is 12.7. The summed E-state index contributed by atoms with van der Waals surface area (Å²) in [5, 5.41) is 5.48. The molecule has 3 fully saturated rings. The largest absolute Gasteiger partial charge is 0.463 e. The molecule has 0 unspecified atom stereocenters. The molecule has 0 amide bonds. The second-order valence-corrected chi connectivity index (χ2v) is 14.8. The van der Waals surface area contributed by atoms with Crippen LogP contribution in [-0.2, 0) is 9.53 Å². The molecular weight excluding hydrogens is 414 g/mol. The summed E-state index contributed by atoms with van der Waals surface area (Å²) < 4.78 is 5.63. The first-order valence-corrected chi connectivity index (χ1v) is 14.1. The van der Waals surface area contributed by atoms with Crippen LogP contribution < -0.4 is 15.7 Å². The number of esters is 1. The van der Waals surface area contributed by atoms with Crippen LogP contribution in [-0.4, -0.2) is 37.8 Å². The zero-order valence-electron chi connectivity index (χ0n) is 19.2. The highest BCUT2D eigenvalue weighted by Gasteiger charge is 2.58. The van der Waals surface area contributed by atoms with Crippen LogP contribution in [0.15, 0.2) is 60.7 Å². The number of ether oxygens (including phenoxy) is 1. The summed E-state index contributed by atoms with van der Waals surface area (Å²) in [6.07, 6.45) is 6.41. The van der Waals surface area contributed by atoms with Crippen molar-refractivity contribution in [3.05, 3.63) is 60.7 Å². The Labute approximate surface area is 192 Å². The number of hydrogen-bond acceptors (Lipinski definition) is 4. The Kier molecular flexibility index (Phi) is 5.55. The van der Waals surface area contributed by atoms with Gasteiger partial charge < -0.3 is 9.53 Å². The minimum atomic E-state index is -3.03. The molecule has 3 aliphatic rings. The third kappa shape index (κ3) is 3.85. The first-order chi connectivity index (χ1) is 15.4. The molecule has 5 rings (SSSR count). The third-order valence-corrected chi connectivity index (χ3v) is 12.9. The Morgan fingerprint density at radius 1 is 1.03 bits per heavy atom. The lowest BCUT2D eigenvalue weighted by Gasteiger charge is -2.43. The smallest absolute Gasteiger partial charge is 0.323 e. The second-order valence-electron chi connectivity index (χ2n) is 10.9. The van der Waals surface area contributed by atoms with Crippen LogP contribution in [0.1, 0.15) is 52.4 Å². The number of carbonyl (C=O) groups excluding carboxylic acids is 1. The van der Waals surface area contributed by atoms with Gasteiger partial charge in [-0.3, -0.25) is 10.1 Å². The van der Waals surface area contributed by atoms with Crippen molar-refractivity contribution in [1.29, 1.82) is 0 Å². The van der Waals surface area contributed by atoms with Crippen molar-refractivity contribution in [3.63, 3.8) is 0 Å². The van der Waals surface area contributed by atoms with Gasteiger partial charge in [0.15, 0.2) is 0 Å². The zero-order chi connectivity index (χ0) is 22.4. The molecule has 170 valence electrons. The average Bonchev–Trinajstić information content (AvgIpc) is 3.74. The maximum Gasteiger partial charge on any atom is 0.323 e. The van der Waals surface area contributed by atoms with E-state index in [1.54, 1.807) is 0 Å². The van der Waals surface area contributed by atoms with Gasteiger partial charge in [0.1, 0.15) is 12.6 Å². The Morgan fingerprint density at radius 3 is 2.09 bits per heavy atom. The van der Waals surface area contributed by atoms with Crippen LogP contribution in [0.2, 0.25) is 5.04 Å². The van der Waals surface area contributed by atoms with E-state index >= 15 is 0 Å². The third-order valence-electron chi connectivity index (χ3n) is 8.33. The van der Waals surface area contributed by atoms with Gasteiger partial charge >= 0.3 is 5.97 Å². The van der Waals surface area contributed by atoms with E-state index < -0.39 is 8.32 Å². The van der Waals surface area contributed by atoms with Crippen molar-refractivity contribution in [2.24, 2.45) is 11.3 Å². The van der Waals surface area contributed by atoms with E-state index in [1.165, 1.54) is 12.8 Å². The van der Waals surface area contributed by atoms with Gasteiger partial charge in [-0.25, -0.2) is 0 Å². The number of nitrogens with one attached hydrogen (secondary N) is 1. The zero-order valence-corrected chi connectivity index (χ0v) is 20.2. The molecule has 2 aliphatic carbocycles. The molecule has 2 aromatic rings. The van der Waals surface area contributed by atoms with Crippen molar-refractivity contribution >= 4 is 24.7 Å². The molecule has 1 heterocycles. The highest BCUT2D eigenvalue weighted by molar-refractivity contribution is 6.98. The van der Waals surface area contributed by atoms with Crippen molar-refractivity contribution in [2.45, 2.75) is 69.5 Å². The normalized spacial score (nSPS) is 25.3. The number of rotatable bonds is 8. The molecule has 1 saturated heterocycles. The number of cyclic esters (lactones) is 1. The summed E-state index contributed by atoms with van der Waals surface area (Å²) >= 11 is 0. The van der Waals surface area contributed by atoms with Crippen LogP contribution >= 0.6 is 0 Å². The molecular formula is C27H35NO3Si. The van der Waals surface area contributed by atoms with E-state index in [0.717, 1.165) is 36.1 Å². The molecule has 0 spiro atoms. The van der Waals surface area contributed by atoms with Crippen LogP contribution in [0.5, 0.6) is 0 Å². The molecule has 0 bridgehead atoms. The molecule has 2 aromatic carbocycles. The molecule has 0 aromatic heterocycles. The summed E-state index contributed by atoms with van der Waals surface area (Å²) in [4.78, 5) is 25.1. The summed E-state index contributed by atoms with van der Waals surface area (Å²) in [5.41, 5.74) is -0.0232. The number of morpholine rings is 1. The van der Waals surface area contributed by atoms with Crippen LogP contribution in [0.3, 0.4) is 0 Å². The molecule has 4 nitrogen and oxygen atoms in total. The predicted octanol–water partition coefficient (Wildman–Crippen LogP) is 3.37. The Bertz CT molecular complexity index is 914. The Morgan fingerprint density at radius 2 is 1.59 bits per heavy atom. The lowest BCUT2D eigenvalue weighted by Crippen LogP contribution is -2.65. The fourth-order valence-corrected chi connectivity index (χ4v) is 9.41. The van der Waals surface area contributed by atoms with Crippen molar-refractivity contribution in [1.82, 2.24) is 5.32 Å². The highest BCUT2D eigenvalue weighted by atomic mass is 28.4. The minimum Gasteiger partial charge on any atom is -0.463 e. The van der Waals surface area contributed by atoms with Gasteiger partial charge in [-0.1, -0.05) is 74.5 Å². The summed E-state index contributed by atoms with van der Waals surface area (Å²) in [5.74, 6) is 0.599. The topological polar surface area (TPSA) is 58.6 Å². The molecule has 0 radical (unpaired) electrons. The number of carbonyl (C=O) groups is 1.